The van der Waals surface area contributed by atoms with Crippen molar-refractivity contribution in [3.63, 3.8) is 0 Å². The highest BCUT2D eigenvalue weighted by Crippen LogP contribution is 2.40. The number of alkyl halides is 1. The maximum Gasteiger partial charge on any atom is 0.166 e. The molecule has 2 rings (SSSR count). The molecule has 1 unspecified atom stereocenters. The van der Waals surface area contributed by atoms with Crippen LogP contribution in [0.3, 0.4) is 0 Å². The molecule has 19 heavy (non-hydrogen) atoms. The van der Waals surface area contributed by atoms with Crippen molar-refractivity contribution in [2.45, 2.75) is 31.9 Å². The maximum atomic E-state index is 13.8. The Morgan fingerprint density at radius 2 is 1.89 bits per heavy atom. The van der Waals surface area contributed by atoms with Crippen molar-refractivity contribution >= 4 is 0 Å². The van der Waals surface area contributed by atoms with E-state index in [2.05, 4.69) is 5.32 Å². The van der Waals surface area contributed by atoms with Gasteiger partial charge in [-0.3, -0.25) is 0 Å². The average Bonchev–Trinajstić information content (AvgIpc) is 2.46. The molecule has 1 aliphatic heterocycles. The molecule has 0 radical (unpaired) electrons. The van der Waals surface area contributed by atoms with E-state index in [1.807, 2.05) is 12.1 Å². The number of hydrogen-bond acceptors (Lipinski definition) is 3. The first-order valence-corrected chi connectivity index (χ1v) is 6.78. The molecular weight excluding hydrogens is 245 g/mol. The van der Waals surface area contributed by atoms with Gasteiger partial charge >= 0.3 is 0 Å². The summed E-state index contributed by atoms with van der Waals surface area (Å²) < 4.78 is 24.4. The molecule has 0 aromatic heterocycles. The van der Waals surface area contributed by atoms with E-state index >= 15 is 0 Å². The minimum atomic E-state index is -1.06. The lowest BCUT2D eigenvalue weighted by Crippen LogP contribution is -2.26. The third-order valence-corrected chi connectivity index (χ3v) is 3.77. The molecule has 0 saturated carbocycles. The second-order valence-electron chi connectivity index (χ2n) is 4.99. The van der Waals surface area contributed by atoms with Gasteiger partial charge in [0.05, 0.1) is 14.2 Å². The standard InChI is InChI=1S/C15H22FNO2/c1-10(16)13-8-12(11-4-6-17-7-5-11)9-14(18-2)15(13)19-3/h8-11,17H,4-7H2,1-3H3. The molecule has 1 heterocycles. The Kier molecular flexibility index (Phi) is 4.64. The minimum Gasteiger partial charge on any atom is -0.493 e. The Labute approximate surface area is 114 Å². The number of rotatable bonds is 4. The molecule has 1 atom stereocenters. The summed E-state index contributed by atoms with van der Waals surface area (Å²) in [6, 6.07) is 3.92. The topological polar surface area (TPSA) is 30.5 Å². The predicted molar refractivity (Wildman–Crippen MR) is 73.9 cm³/mol. The number of hydrogen-bond donors (Lipinski definition) is 1. The van der Waals surface area contributed by atoms with Gasteiger partial charge in [-0.1, -0.05) is 0 Å². The van der Waals surface area contributed by atoms with Gasteiger partial charge in [0.1, 0.15) is 6.17 Å². The van der Waals surface area contributed by atoms with Crippen molar-refractivity contribution in [3.05, 3.63) is 23.3 Å². The van der Waals surface area contributed by atoms with Gasteiger partial charge < -0.3 is 14.8 Å². The molecule has 0 amide bonds. The highest BCUT2D eigenvalue weighted by molar-refractivity contribution is 5.51. The Morgan fingerprint density at radius 1 is 1.21 bits per heavy atom. The zero-order valence-corrected chi connectivity index (χ0v) is 11.8. The molecule has 0 aliphatic carbocycles. The molecule has 1 aromatic rings. The van der Waals surface area contributed by atoms with Crippen LogP contribution >= 0.6 is 0 Å². The van der Waals surface area contributed by atoms with E-state index in [0.717, 1.165) is 31.5 Å². The number of halogens is 1. The van der Waals surface area contributed by atoms with Crippen LogP contribution in [-0.4, -0.2) is 27.3 Å². The summed E-state index contributed by atoms with van der Waals surface area (Å²) in [5, 5.41) is 3.34. The van der Waals surface area contributed by atoms with Gasteiger partial charge in [-0.2, -0.15) is 0 Å². The highest BCUT2D eigenvalue weighted by Gasteiger charge is 2.22. The fourth-order valence-corrected chi connectivity index (χ4v) is 2.70. The molecule has 0 bridgehead atoms. The van der Waals surface area contributed by atoms with Crippen molar-refractivity contribution < 1.29 is 13.9 Å². The van der Waals surface area contributed by atoms with Crippen LogP contribution in [-0.2, 0) is 0 Å². The zero-order valence-electron chi connectivity index (χ0n) is 11.8. The summed E-state index contributed by atoms with van der Waals surface area (Å²) >= 11 is 0. The lowest BCUT2D eigenvalue weighted by Gasteiger charge is -2.25. The van der Waals surface area contributed by atoms with Crippen LogP contribution < -0.4 is 14.8 Å². The summed E-state index contributed by atoms with van der Waals surface area (Å²) in [5.74, 6) is 1.60. The molecule has 1 aliphatic rings. The second-order valence-corrected chi connectivity index (χ2v) is 4.99. The van der Waals surface area contributed by atoms with Crippen LogP contribution in [0.1, 0.15) is 43.0 Å². The van der Waals surface area contributed by atoms with Gasteiger partial charge in [0, 0.05) is 5.56 Å². The first-order valence-electron chi connectivity index (χ1n) is 6.78. The number of methoxy groups -OCH3 is 2. The molecule has 1 N–H and O–H groups in total. The average molecular weight is 267 g/mol. The predicted octanol–water partition coefficient (Wildman–Crippen LogP) is 3.20. The molecule has 1 saturated heterocycles. The summed E-state index contributed by atoms with van der Waals surface area (Å²) in [6.07, 6.45) is 1.09. The quantitative estimate of drug-likeness (QED) is 0.908. The van der Waals surface area contributed by atoms with Crippen LogP contribution in [0.5, 0.6) is 11.5 Å². The SMILES string of the molecule is COc1cc(C2CCNCC2)cc(C(C)F)c1OC. The largest absolute Gasteiger partial charge is 0.493 e. The Morgan fingerprint density at radius 3 is 2.42 bits per heavy atom. The molecule has 1 fully saturated rings. The third-order valence-electron chi connectivity index (χ3n) is 3.77. The van der Waals surface area contributed by atoms with Crippen molar-refractivity contribution in [1.82, 2.24) is 5.32 Å². The zero-order chi connectivity index (χ0) is 13.8. The van der Waals surface area contributed by atoms with Crippen molar-refractivity contribution in [2.24, 2.45) is 0 Å². The Bertz CT molecular complexity index is 428. The molecule has 4 heteroatoms. The van der Waals surface area contributed by atoms with Crippen LogP contribution in [0.25, 0.3) is 0 Å². The van der Waals surface area contributed by atoms with Crippen molar-refractivity contribution in [2.75, 3.05) is 27.3 Å². The minimum absolute atomic E-state index is 0.471. The van der Waals surface area contributed by atoms with E-state index < -0.39 is 6.17 Å². The van der Waals surface area contributed by atoms with Crippen LogP contribution in [0.2, 0.25) is 0 Å². The molecule has 1 aromatic carbocycles. The fourth-order valence-electron chi connectivity index (χ4n) is 2.70. The number of ether oxygens (including phenoxy) is 2. The highest BCUT2D eigenvalue weighted by atomic mass is 19.1. The van der Waals surface area contributed by atoms with Crippen molar-refractivity contribution in [1.29, 1.82) is 0 Å². The third kappa shape index (κ3) is 3.00. The summed E-state index contributed by atoms with van der Waals surface area (Å²) in [7, 11) is 3.14. The van der Waals surface area contributed by atoms with E-state index in [-0.39, 0.29) is 0 Å². The Hall–Kier alpha value is -1.29. The number of benzene rings is 1. The second kappa shape index (κ2) is 6.24. The molecule has 3 nitrogen and oxygen atoms in total. The molecular formula is C15H22FNO2. The van der Waals surface area contributed by atoms with Gasteiger partial charge in [-0.15, -0.1) is 0 Å². The van der Waals surface area contributed by atoms with E-state index in [1.54, 1.807) is 14.2 Å². The first-order chi connectivity index (χ1) is 9.17. The fraction of sp³-hybridized carbons (Fsp3) is 0.600. The van der Waals surface area contributed by atoms with Gasteiger partial charge in [0.2, 0.25) is 0 Å². The lowest BCUT2D eigenvalue weighted by molar-refractivity contribution is 0.322. The van der Waals surface area contributed by atoms with E-state index in [0.29, 0.717) is 23.0 Å². The van der Waals surface area contributed by atoms with Gasteiger partial charge in [0.25, 0.3) is 0 Å². The van der Waals surface area contributed by atoms with Crippen LogP contribution in [0, 0.1) is 0 Å². The van der Waals surface area contributed by atoms with E-state index in [1.165, 1.54) is 6.92 Å². The number of piperidine rings is 1. The van der Waals surface area contributed by atoms with Gasteiger partial charge in [-0.25, -0.2) is 4.39 Å². The van der Waals surface area contributed by atoms with E-state index in [4.69, 9.17) is 9.47 Å². The van der Waals surface area contributed by atoms with Gasteiger partial charge in [-0.05, 0) is 56.5 Å². The van der Waals surface area contributed by atoms with Crippen LogP contribution in [0.15, 0.2) is 12.1 Å². The smallest absolute Gasteiger partial charge is 0.166 e. The number of nitrogens with one attached hydrogen (secondary N) is 1. The van der Waals surface area contributed by atoms with Gasteiger partial charge in [0.15, 0.2) is 11.5 Å². The molecule has 0 spiro atoms. The maximum absolute atomic E-state index is 13.8. The van der Waals surface area contributed by atoms with E-state index in [9.17, 15) is 4.39 Å². The van der Waals surface area contributed by atoms with Crippen molar-refractivity contribution in [3.8, 4) is 11.5 Å². The Balaban J connectivity index is 2.41. The summed E-state index contributed by atoms with van der Waals surface area (Å²) in [6.45, 7) is 3.56. The summed E-state index contributed by atoms with van der Waals surface area (Å²) in [4.78, 5) is 0. The normalized spacial score (nSPS) is 18.1. The molecule has 106 valence electrons. The lowest BCUT2D eigenvalue weighted by atomic mass is 9.88. The summed E-state index contributed by atoms with van der Waals surface area (Å²) in [5.41, 5.74) is 1.73. The van der Waals surface area contributed by atoms with Crippen LogP contribution in [0.4, 0.5) is 4.39 Å². The first kappa shape index (κ1) is 14.1. The monoisotopic (exact) mass is 267 g/mol.